The van der Waals surface area contributed by atoms with Gasteiger partial charge in [0.2, 0.25) is 0 Å². The molecule has 0 saturated heterocycles. The van der Waals surface area contributed by atoms with Crippen molar-refractivity contribution < 1.29 is 30.9 Å². The van der Waals surface area contributed by atoms with Crippen molar-refractivity contribution in [3.05, 3.63) is 10.1 Å². The van der Waals surface area contributed by atoms with Gasteiger partial charge < -0.3 is 9.87 Å². The van der Waals surface area contributed by atoms with Crippen molar-refractivity contribution in [2.24, 2.45) is 0 Å². The molecule has 0 saturated carbocycles. The third-order valence-electron chi connectivity index (χ3n) is 0. The average molecular weight is 131 g/mol. The van der Waals surface area contributed by atoms with Gasteiger partial charge >= 0.3 is 11.3 Å². The fourth-order valence-electron chi connectivity index (χ4n) is 0. The Labute approximate surface area is 42.2 Å². The Balaban J connectivity index is 0. The van der Waals surface area contributed by atoms with E-state index in [-0.39, 0.29) is 11.3 Å². The second-order valence-corrected chi connectivity index (χ2v) is 0.445. The molecule has 0 aliphatic heterocycles. The maximum atomic E-state index is 8.36. The van der Waals surface area contributed by atoms with E-state index in [0.717, 1.165) is 0 Å². The van der Waals surface area contributed by atoms with Crippen LogP contribution >= 0.6 is 0 Å². The summed E-state index contributed by atoms with van der Waals surface area (Å²) in [5.74, 6) is 0. The van der Waals surface area contributed by atoms with Crippen LogP contribution in [0.15, 0.2) is 0 Å². The van der Waals surface area contributed by atoms with Crippen LogP contribution in [0.1, 0.15) is 0 Å². The first-order valence-corrected chi connectivity index (χ1v) is 1.54. The van der Waals surface area contributed by atoms with Crippen LogP contribution < -0.4 is 4.66 Å². The van der Waals surface area contributed by atoms with E-state index >= 15 is 0 Å². The summed E-state index contributed by atoms with van der Waals surface area (Å²) in [4.78, 5) is 8.36. The third-order valence-corrected chi connectivity index (χ3v) is 0. The predicted octanol–water partition coefficient (Wildman–Crippen LogP) is -2.09. The zero-order valence-corrected chi connectivity index (χ0v) is 3.70. The Kier molecular flexibility index (Phi) is 12.5. The molecule has 0 radical (unpaired) electrons. The summed E-state index contributed by atoms with van der Waals surface area (Å²) in [6, 6.07) is 0. The molecule has 0 bridgehead atoms. The van der Waals surface area contributed by atoms with E-state index in [9.17, 15) is 0 Å². The van der Waals surface area contributed by atoms with Crippen molar-refractivity contribution in [2.45, 2.75) is 0 Å². The van der Waals surface area contributed by atoms with Crippen LogP contribution in [0.3, 0.4) is 0 Å². The molecule has 0 aromatic carbocycles. The van der Waals surface area contributed by atoms with Crippen molar-refractivity contribution in [3.63, 3.8) is 0 Å². The first-order chi connectivity index (χ1) is 3.15. The molecule has 0 spiro atoms. The largest absolute Gasteiger partial charge is 0.506 e. The standard InChI is InChI=1S/ClHO2.HNO3/c2-1-3;2-1(3)4/h2H;(H,2,3,4). The molecule has 7 heavy (non-hydrogen) atoms. The second kappa shape index (κ2) is 9.05. The number of rotatable bonds is 0. The zero-order valence-electron chi connectivity index (χ0n) is 2.94. The highest BCUT2D eigenvalue weighted by Gasteiger charge is 1.65. The Morgan fingerprint density at radius 3 is 1.71 bits per heavy atom. The first-order valence-electron chi connectivity index (χ1n) is 0.888. The van der Waals surface area contributed by atoms with Crippen LogP contribution in [0.4, 0.5) is 0 Å². The SMILES string of the molecule is O=[N+]([O-])O.[O-][Cl+]O. The van der Waals surface area contributed by atoms with Gasteiger partial charge in [-0.1, -0.05) is 0 Å². The Morgan fingerprint density at radius 1 is 1.71 bits per heavy atom. The highest BCUT2D eigenvalue weighted by atomic mass is 35.6. The van der Waals surface area contributed by atoms with Gasteiger partial charge in [-0.15, -0.1) is 14.8 Å². The minimum Gasteiger partial charge on any atom is -0.506 e. The molecular weight excluding hydrogens is 129 g/mol. The lowest BCUT2D eigenvalue weighted by Crippen LogP contribution is -1.94. The van der Waals surface area contributed by atoms with Crippen molar-refractivity contribution in [1.29, 1.82) is 0 Å². The first kappa shape index (κ1) is 9.65. The summed E-state index contributed by atoms with van der Waals surface area (Å²) in [6.07, 6.45) is 0. The molecule has 0 amide bonds. The zero-order chi connectivity index (χ0) is 6.28. The fraction of sp³-hybridized carbons (Fsp3) is 0. The smallest absolute Gasteiger partial charge is 0.327 e. The van der Waals surface area contributed by atoms with Crippen LogP contribution in [0, 0.1) is 21.4 Å². The Bertz CT molecular complexity index is 39.3. The van der Waals surface area contributed by atoms with Gasteiger partial charge in [0.25, 0.3) is 5.09 Å². The summed E-state index contributed by atoms with van der Waals surface area (Å²) < 4.78 is 15.2. The van der Waals surface area contributed by atoms with Gasteiger partial charge in [-0.3, -0.25) is 0 Å². The lowest BCUT2D eigenvalue weighted by molar-refractivity contribution is -1.27. The summed E-state index contributed by atoms with van der Waals surface area (Å²) in [6.45, 7) is 0. The van der Waals surface area contributed by atoms with Gasteiger partial charge in [-0.2, -0.15) is 0 Å². The van der Waals surface area contributed by atoms with E-state index in [2.05, 4.69) is 0 Å². The highest BCUT2D eigenvalue weighted by Crippen LogP contribution is 1.38. The van der Waals surface area contributed by atoms with E-state index in [4.69, 9.17) is 24.6 Å². The molecule has 0 rings (SSSR count). The van der Waals surface area contributed by atoms with Crippen molar-refractivity contribution in [2.75, 3.05) is 0 Å². The molecule has 0 aromatic heterocycles. The average Bonchev–Trinajstić information content (AvgIpc) is 1.33. The number of hydrogen-bond acceptors (Lipinski definition) is 4. The second-order valence-electron chi connectivity index (χ2n) is 0.307. The van der Waals surface area contributed by atoms with E-state index in [1.807, 2.05) is 0 Å². The fourth-order valence-corrected chi connectivity index (χ4v) is 0. The minimum atomic E-state index is -1.50. The van der Waals surface area contributed by atoms with E-state index in [1.54, 1.807) is 0 Å². The van der Waals surface area contributed by atoms with Crippen LogP contribution in [-0.2, 0) is 0 Å². The molecule has 2 N–H and O–H groups in total. The third kappa shape index (κ3) is 181. The molecule has 7 heteroatoms. The maximum absolute atomic E-state index is 8.36. The quantitative estimate of drug-likeness (QED) is 0.289. The van der Waals surface area contributed by atoms with Crippen LogP contribution in [0.2, 0.25) is 0 Å². The topological polar surface area (TPSA) is 107 Å². The molecule has 0 aliphatic rings. The monoisotopic (exact) mass is 131 g/mol. The summed E-state index contributed by atoms with van der Waals surface area (Å²) in [5.41, 5.74) is 0. The molecule has 0 unspecified atom stereocenters. The highest BCUT2D eigenvalue weighted by molar-refractivity contribution is 3.83. The van der Waals surface area contributed by atoms with Crippen molar-refractivity contribution in [1.82, 2.24) is 0 Å². The van der Waals surface area contributed by atoms with Crippen LogP contribution in [0.5, 0.6) is 0 Å². The van der Waals surface area contributed by atoms with E-state index < -0.39 is 5.09 Å². The lowest BCUT2D eigenvalue weighted by atomic mass is 13.1. The number of nitrogens with zero attached hydrogens (tertiary/aromatic N) is 1. The van der Waals surface area contributed by atoms with Crippen LogP contribution in [0.25, 0.3) is 0 Å². The number of halogens is 1. The minimum absolute atomic E-state index is 0.167. The van der Waals surface area contributed by atoms with Gasteiger partial charge in [0.15, 0.2) is 0 Å². The van der Waals surface area contributed by atoms with Gasteiger partial charge in [0.1, 0.15) is 0 Å². The maximum Gasteiger partial charge on any atom is 0.327 e. The van der Waals surface area contributed by atoms with Gasteiger partial charge in [0, 0.05) is 0 Å². The van der Waals surface area contributed by atoms with Crippen molar-refractivity contribution >= 4 is 0 Å². The molecule has 0 aliphatic carbocycles. The van der Waals surface area contributed by atoms with Gasteiger partial charge in [-0.05, 0) is 0 Å². The summed E-state index contributed by atoms with van der Waals surface area (Å²) in [5, 5.41) is 13.6. The van der Waals surface area contributed by atoms with Crippen molar-refractivity contribution in [3.8, 4) is 0 Å². The Morgan fingerprint density at radius 2 is 1.71 bits per heavy atom. The summed E-state index contributed by atoms with van der Waals surface area (Å²) >= 11 is -0.167. The molecule has 6 nitrogen and oxygen atoms in total. The summed E-state index contributed by atoms with van der Waals surface area (Å²) in [7, 11) is 0. The van der Waals surface area contributed by atoms with Gasteiger partial charge in [0.05, 0.1) is 0 Å². The Hall–Kier alpha value is -0.590. The molecule has 0 fully saturated rings. The molecular formula is H2ClNO5. The molecule has 44 valence electrons. The predicted molar refractivity (Wildman–Crippen MR) is 11.0 cm³/mol. The van der Waals surface area contributed by atoms with E-state index in [1.165, 1.54) is 0 Å². The molecule has 0 heterocycles. The van der Waals surface area contributed by atoms with E-state index in [0.29, 0.717) is 0 Å². The lowest BCUT2D eigenvalue weighted by Gasteiger charge is -1.56. The van der Waals surface area contributed by atoms with Crippen LogP contribution in [-0.4, -0.2) is 15.0 Å². The molecule has 0 aromatic rings. The van der Waals surface area contributed by atoms with Gasteiger partial charge in [-0.25, -0.2) is 0 Å². The molecule has 0 atom stereocenters. The normalized spacial score (nSPS) is 6.00. The number of hydrogen-bond donors (Lipinski definition) is 2.